The summed E-state index contributed by atoms with van der Waals surface area (Å²) in [5, 5.41) is 20.9. The van der Waals surface area contributed by atoms with E-state index in [0.29, 0.717) is 18.7 Å². The lowest BCUT2D eigenvalue weighted by atomic mass is 9.91. The van der Waals surface area contributed by atoms with E-state index in [0.717, 1.165) is 68.0 Å². The Labute approximate surface area is 312 Å². The maximum absolute atomic E-state index is 13.1. The molecule has 12 heteroatoms. The van der Waals surface area contributed by atoms with Crippen LogP contribution >= 0.6 is 11.3 Å². The normalized spacial score (nSPS) is 16.2. The van der Waals surface area contributed by atoms with Gasteiger partial charge in [-0.1, -0.05) is 49.4 Å². The molecule has 0 fully saturated rings. The molecule has 11 nitrogen and oxygen atoms in total. The largest absolute Gasteiger partial charge is 0.378 e. The van der Waals surface area contributed by atoms with Crippen LogP contribution in [0.5, 0.6) is 0 Å². The van der Waals surface area contributed by atoms with Gasteiger partial charge in [-0.2, -0.15) is 5.10 Å². The molecule has 2 atom stereocenters. The van der Waals surface area contributed by atoms with Gasteiger partial charge in [0.2, 0.25) is 11.8 Å². The fourth-order valence-electron chi connectivity index (χ4n) is 7.40. The number of aryl methyl sites for hydroxylation is 2. The second kappa shape index (κ2) is 13.9. The van der Waals surface area contributed by atoms with Crippen molar-refractivity contribution in [3.8, 4) is 16.1 Å². The highest BCUT2D eigenvalue weighted by molar-refractivity contribution is 7.15. The van der Waals surface area contributed by atoms with Crippen LogP contribution in [0.4, 0.5) is 17.1 Å². The molecule has 0 unspecified atom stereocenters. The van der Waals surface area contributed by atoms with Crippen LogP contribution in [0.25, 0.3) is 16.1 Å². The minimum atomic E-state index is -0.167. The van der Waals surface area contributed by atoms with E-state index in [4.69, 9.17) is 4.99 Å². The number of benzene rings is 3. The SMILES string of the molecule is CCC(=O)N1c2ccccc2[C@H](Nc2ccc(-c3cnn(CC(=O)Nc4ccc(C5=NCc6nnc(C)n6-c6sc(C)c(C)c65)cc4)c3)cc2)C[C@H]1C. The number of aromatic nitrogens is 5. The molecule has 6 aromatic rings. The number of aliphatic imine (C=N–C) groups is 1. The first-order valence-electron chi connectivity index (χ1n) is 17.9. The Kier molecular flexibility index (Phi) is 8.99. The van der Waals surface area contributed by atoms with E-state index in [1.807, 2.05) is 67.4 Å². The topological polar surface area (TPSA) is 122 Å². The van der Waals surface area contributed by atoms with Crippen molar-refractivity contribution in [3.05, 3.63) is 124 Å². The fraction of sp³-hybridized carbons (Fsp3) is 0.268. The number of nitrogens with one attached hydrogen (secondary N) is 2. The second-order valence-electron chi connectivity index (χ2n) is 13.7. The number of rotatable bonds is 8. The van der Waals surface area contributed by atoms with Gasteiger partial charge in [0, 0.05) is 57.3 Å². The van der Waals surface area contributed by atoms with Crippen LogP contribution in [0.15, 0.2) is 90.2 Å². The molecular formula is C41H41N9O2S. The van der Waals surface area contributed by atoms with Gasteiger partial charge in [0.15, 0.2) is 5.82 Å². The predicted molar refractivity (Wildman–Crippen MR) is 210 cm³/mol. The average Bonchev–Trinajstić information content (AvgIpc) is 3.82. The summed E-state index contributed by atoms with van der Waals surface area (Å²) in [5.74, 6) is 1.66. The number of fused-ring (bicyclic) bond motifs is 4. The van der Waals surface area contributed by atoms with E-state index < -0.39 is 0 Å². The van der Waals surface area contributed by atoms with Gasteiger partial charge in [-0.05, 0) is 81.1 Å². The van der Waals surface area contributed by atoms with E-state index in [-0.39, 0.29) is 30.4 Å². The molecule has 0 spiro atoms. The summed E-state index contributed by atoms with van der Waals surface area (Å²) in [7, 11) is 0. The molecule has 0 saturated heterocycles. The zero-order valence-corrected chi connectivity index (χ0v) is 31.2. The summed E-state index contributed by atoms with van der Waals surface area (Å²) in [6, 6.07) is 24.4. The van der Waals surface area contributed by atoms with Gasteiger partial charge >= 0.3 is 0 Å². The van der Waals surface area contributed by atoms with Crippen molar-refractivity contribution in [2.24, 2.45) is 4.99 Å². The first kappa shape index (κ1) is 34.2. The third-order valence-corrected chi connectivity index (χ3v) is 11.4. The number of para-hydroxylation sites is 1. The number of hydrogen-bond acceptors (Lipinski definition) is 8. The van der Waals surface area contributed by atoms with Crippen LogP contribution in [0.1, 0.15) is 71.5 Å². The first-order valence-corrected chi connectivity index (χ1v) is 18.8. The summed E-state index contributed by atoms with van der Waals surface area (Å²) >= 11 is 1.73. The van der Waals surface area contributed by atoms with E-state index >= 15 is 0 Å². The molecule has 2 aliphatic rings. The highest BCUT2D eigenvalue weighted by Gasteiger charge is 2.33. The molecule has 0 radical (unpaired) electrons. The second-order valence-corrected chi connectivity index (χ2v) is 14.9. The lowest BCUT2D eigenvalue weighted by Gasteiger charge is -2.40. The quantitative estimate of drug-likeness (QED) is 0.165. The molecule has 0 aliphatic carbocycles. The standard InChI is InChI=1S/C41H41N9O2S/c1-6-38(52)49-24(2)19-34(33-9-7-8-10-35(33)49)44-31-15-11-28(12-16-31)30-20-43-48(22-30)23-37(51)45-32-17-13-29(14-18-32)40-39-25(3)26(4)53-41(39)50-27(5)46-47-36(50)21-42-40/h7-18,20,22,24,34,44H,6,19,21,23H2,1-5H3,(H,45,51)/t24-,34-/m1/s1. The molecule has 3 aromatic heterocycles. The summed E-state index contributed by atoms with van der Waals surface area (Å²) < 4.78 is 3.76. The van der Waals surface area contributed by atoms with Crippen molar-refractivity contribution in [1.29, 1.82) is 0 Å². The highest BCUT2D eigenvalue weighted by atomic mass is 32.1. The third-order valence-electron chi connectivity index (χ3n) is 10.2. The Morgan fingerprint density at radius 2 is 1.64 bits per heavy atom. The molecule has 2 N–H and O–H groups in total. The van der Waals surface area contributed by atoms with Gasteiger partial charge in [0.05, 0.1) is 18.0 Å². The van der Waals surface area contributed by atoms with Crippen LogP contribution in [0, 0.1) is 20.8 Å². The van der Waals surface area contributed by atoms with E-state index in [9.17, 15) is 9.59 Å². The van der Waals surface area contributed by atoms with Crippen molar-refractivity contribution in [2.45, 2.75) is 72.6 Å². The molecular weight excluding hydrogens is 683 g/mol. The molecule has 268 valence electrons. The minimum Gasteiger partial charge on any atom is -0.378 e. The number of carbonyl (C=O) groups excluding carboxylic acids is 2. The van der Waals surface area contributed by atoms with Gasteiger partial charge in [-0.25, -0.2) is 0 Å². The number of hydrogen-bond donors (Lipinski definition) is 2. The Bertz CT molecular complexity index is 2370. The number of carbonyl (C=O) groups is 2. The van der Waals surface area contributed by atoms with Crippen molar-refractivity contribution in [3.63, 3.8) is 0 Å². The van der Waals surface area contributed by atoms with Crippen LogP contribution in [0.3, 0.4) is 0 Å². The number of amides is 2. The number of thiophene rings is 1. The maximum Gasteiger partial charge on any atom is 0.246 e. The summed E-state index contributed by atoms with van der Waals surface area (Å²) in [6.45, 7) is 10.8. The lowest BCUT2D eigenvalue weighted by molar-refractivity contribution is -0.119. The predicted octanol–water partition coefficient (Wildman–Crippen LogP) is 7.80. The summed E-state index contributed by atoms with van der Waals surface area (Å²) in [6.07, 6.45) is 4.97. The monoisotopic (exact) mass is 723 g/mol. The smallest absolute Gasteiger partial charge is 0.246 e. The van der Waals surface area contributed by atoms with Gasteiger partial charge in [0.25, 0.3) is 0 Å². The molecule has 5 heterocycles. The molecule has 2 amide bonds. The van der Waals surface area contributed by atoms with Crippen LogP contribution in [0.2, 0.25) is 0 Å². The van der Waals surface area contributed by atoms with Crippen LogP contribution in [-0.2, 0) is 22.7 Å². The molecule has 0 saturated carbocycles. The van der Waals surface area contributed by atoms with E-state index in [1.54, 1.807) is 22.2 Å². The maximum atomic E-state index is 13.1. The summed E-state index contributed by atoms with van der Waals surface area (Å²) in [5.41, 5.74) is 9.95. The molecule has 3 aromatic carbocycles. The lowest BCUT2D eigenvalue weighted by Crippen LogP contribution is -2.44. The van der Waals surface area contributed by atoms with E-state index in [2.05, 4.69) is 81.6 Å². The Hall–Kier alpha value is -5.88. The first-order chi connectivity index (χ1) is 25.7. The Morgan fingerprint density at radius 1 is 0.906 bits per heavy atom. The zero-order valence-electron chi connectivity index (χ0n) is 30.4. The Morgan fingerprint density at radius 3 is 2.42 bits per heavy atom. The van der Waals surface area contributed by atoms with Crippen molar-refractivity contribution < 1.29 is 9.59 Å². The summed E-state index contributed by atoms with van der Waals surface area (Å²) in [4.78, 5) is 34.0. The van der Waals surface area contributed by atoms with Crippen LogP contribution in [-0.4, -0.2) is 48.1 Å². The van der Waals surface area contributed by atoms with Crippen LogP contribution < -0.4 is 15.5 Å². The molecule has 2 aliphatic heterocycles. The average molecular weight is 724 g/mol. The number of nitrogens with zero attached hydrogens (tertiary/aromatic N) is 7. The van der Waals surface area contributed by atoms with Crippen molar-refractivity contribution >= 4 is 45.9 Å². The van der Waals surface area contributed by atoms with Crippen molar-refractivity contribution in [2.75, 3.05) is 15.5 Å². The van der Waals surface area contributed by atoms with Gasteiger partial charge in [-0.3, -0.25) is 23.8 Å². The Balaban J connectivity index is 0.908. The highest BCUT2D eigenvalue weighted by Crippen LogP contribution is 2.40. The molecule has 53 heavy (non-hydrogen) atoms. The number of anilines is 3. The zero-order chi connectivity index (χ0) is 36.8. The van der Waals surface area contributed by atoms with Crippen molar-refractivity contribution in [1.82, 2.24) is 24.5 Å². The third kappa shape index (κ3) is 6.43. The molecule has 8 rings (SSSR count). The van der Waals surface area contributed by atoms with Gasteiger partial charge < -0.3 is 15.5 Å². The van der Waals surface area contributed by atoms with Gasteiger partial charge in [-0.15, -0.1) is 21.5 Å². The van der Waals surface area contributed by atoms with Gasteiger partial charge in [0.1, 0.15) is 23.9 Å². The minimum absolute atomic E-state index is 0.0838. The van der Waals surface area contributed by atoms with E-state index in [1.165, 1.54) is 10.4 Å². The fourth-order valence-corrected chi connectivity index (χ4v) is 8.63. The molecule has 0 bridgehead atoms.